The van der Waals surface area contributed by atoms with E-state index in [1.807, 2.05) is 24.3 Å². The molecule has 1 N–H and O–H groups in total. The van der Waals surface area contributed by atoms with Gasteiger partial charge in [0.15, 0.2) is 6.29 Å². The van der Waals surface area contributed by atoms with Gasteiger partial charge in [0.1, 0.15) is 5.76 Å². The summed E-state index contributed by atoms with van der Waals surface area (Å²) in [6, 6.07) is 10.5. The lowest BCUT2D eigenvalue weighted by Crippen LogP contribution is -2.00. The number of carbonyl (C=O) groups is 1. The first-order valence-corrected chi connectivity index (χ1v) is 5.91. The topological polar surface area (TPSA) is 68.9 Å². The van der Waals surface area contributed by atoms with Gasteiger partial charge < -0.3 is 19.0 Å². The molecule has 0 radical (unpaired) electrons. The maximum Gasteiger partial charge on any atom is 0.371 e. The quantitative estimate of drug-likeness (QED) is 0.918. The van der Waals surface area contributed by atoms with Gasteiger partial charge in [0, 0.05) is 11.1 Å². The first-order valence-electron chi connectivity index (χ1n) is 5.91. The van der Waals surface area contributed by atoms with Gasteiger partial charge in [-0.05, 0) is 12.1 Å². The van der Waals surface area contributed by atoms with Crippen LogP contribution < -0.4 is 0 Å². The van der Waals surface area contributed by atoms with Crippen LogP contribution in [0.25, 0.3) is 11.3 Å². The number of hydrogen-bond donors (Lipinski definition) is 1. The summed E-state index contributed by atoms with van der Waals surface area (Å²) in [6.07, 6.45) is -0.422. The minimum atomic E-state index is -1.09. The Kier molecular flexibility index (Phi) is 3.06. The Labute approximate surface area is 109 Å². The highest BCUT2D eigenvalue weighted by molar-refractivity contribution is 5.85. The molecule has 5 heteroatoms. The molecular weight excluding hydrogens is 248 g/mol. The number of benzene rings is 1. The Morgan fingerprint density at radius 2 is 1.84 bits per heavy atom. The molecule has 1 aromatic carbocycles. The van der Waals surface area contributed by atoms with E-state index >= 15 is 0 Å². The molecule has 2 heterocycles. The van der Waals surface area contributed by atoms with Crippen molar-refractivity contribution < 1.29 is 23.8 Å². The van der Waals surface area contributed by atoms with Crippen molar-refractivity contribution in [3.05, 3.63) is 47.7 Å². The highest BCUT2D eigenvalue weighted by Gasteiger charge is 2.23. The molecule has 1 aromatic heterocycles. The smallest absolute Gasteiger partial charge is 0.371 e. The number of carboxylic acid groups (broad SMARTS) is 1. The zero-order valence-corrected chi connectivity index (χ0v) is 10.0. The lowest BCUT2D eigenvalue weighted by molar-refractivity contribution is -0.0437. The molecule has 1 aliphatic rings. The normalized spacial score (nSPS) is 15.8. The fourth-order valence-electron chi connectivity index (χ4n) is 2.06. The molecule has 3 rings (SSSR count). The second-order valence-electron chi connectivity index (χ2n) is 4.13. The van der Waals surface area contributed by atoms with Crippen LogP contribution in [-0.4, -0.2) is 24.3 Å². The van der Waals surface area contributed by atoms with Crippen LogP contribution >= 0.6 is 0 Å². The SMILES string of the molecule is O=C(O)c1ccc(-c2ccccc2C2OCCO2)o1. The average Bonchev–Trinajstić information content (AvgIpc) is 3.10. The molecule has 98 valence electrons. The van der Waals surface area contributed by atoms with Crippen LogP contribution in [0.3, 0.4) is 0 Å². The van der Waals surface area contributed by atoms with E-state index in [1.54, 1.807) is 6.07 Å². The summed E-state index contributed by atoms with van der Waals surface area (Å²) in [5.74, 6) is -0.678. The number of rotatable bonds is 3. The van der Waals surface area contributed by atoms with Crippen molar-refractivity contribution in [3.63, 3.8) is 0 Å². The maximum absolute atomic E-state index is 10.8. The van der Waals surface area contributed by atoms with Crippen LogP contribution in [0.4, 0.5) is 0 Å². The number of furan rings is 1. The molecule has 0 amide bonds. The molecule has 1 fully saturated rings. The summed E-state index contributed by atoms with van der Waals surface area (Å²) in [6.45, 7) is 1.11. The van der Waals surface area contributed by atoms with Crippen molar-refractivity contribution in [3.8, 4) is 11.3 Å². The van der Waals surface area contributed by atoms with E-state index in [0.29, 0.717) is 19.0 Å². The molecule has 5 nitrogen and oxygen atoms in total. The van der Waals surface area contributed by atoms with Gasteiger partial charge in [-0.2, -0.15) is 0 Å². The van der Waals surface area contributed by atoms with Gasteiger partial charge in [-0.3, -0.25) is 0 Å². The lowest BCUT2D eigenvalue weighted by Gasteiger charge is -2.12. The first kappa shape index (κ1) is 12.0. The summed E-state index contributed by atoms with van der Waals surface area (Å²) in [7, 11) is 0. The maximum atomic E-state index is 10.8. The summed E-state index contributed by atoms with van der Waals surface area (Å²) < 4.78 is 16.3. The molecular formula is C14H12O5. The van der Waals surface area contributed by atoms with E-state index < -0.39 is 12.3 Å². The Balaban J connectivity index is 2.01. The molecule has 2 aromatic rings. The van der Waals surface area contributed by atoms with Crippen molar-refractivity contribution in [1.82, 2.24) is 0 Å². The molecule has 0 atom stereocenters. The van der Waals surface area contributed by atoms with E-state index in [-0.39, 0.29) is 5.76 Å². The van der Waals surface area contributed by atoms with E-state index in [9.17, 15) is 4.79 Å². The standard InChI is InChI=1S/C14H12O5/c15-13(16)12-6-5-11(19-12)9-3-1-2-4-10(9)14-17-7-8-18-14/h1-6,14H,7-8H2,(H,15,16). The van der Waals surface area contributed by atoms with Gasteiger partial charge in [-0.15, -0.1) is 0 Å². The minimum Gasteiger partial charge on any atom is -0.475 e. The number of aromatic carboxylic acids is 1. The number of carboxylic acids is 1. The van der Waals surface area contributed by atoms with Crippen molar-refractivity contribution in [2.75, 3.05) is 13.2 Å². The Morgan fingerprint density at radius 1 is 1.11 bits per heavy atom. The number of hydrogen-bond acceptors (Lipinski definition) is 4. The van der Waals surface area contributed by atoms with Gasteiger partial charge in [0.25, 0.3) is 0 Å². The summed E-state index contributed by atoms with van der Waals surface area (Å²) in [4.78, 5) is 10.8. The Morgan fingerprint density at radius 3 is 2.53 bits per heavy atom. The van der Waals surface area contributed by atoms with Crippen molar-refractivity contribution >= 4 is 5.97 Å². The molecule has 0 saturated carbocycles. The average molecular weight is 260 g/mol. The molecule has 19 heavy (non-hydrogen) atoms. The fraction of sp³-hybridized carbons (Fsp3) is 0.214. The predicted octanol–water partition coefficient (Wildman–Crippen LogP) is 2.69. The molecule has 1 aliphatic heterocycles. The summed E-state index contributed by atoms with van der Waals surface area (Å²) in [5, 5.41) is 8.88. The predicted molar refractivity (Wildman–Crippen MR) is 65.7 cm³/mol. The summed E-state index contributed by atoms with van der Waals surface area (Å²) in [5.41, 5.74) is 1.62. The van der Waals surface area contributed by atoms with Gasteiger partial charge >= 0.3 is 5.97 Å². The molecule has 0 aliphatic carbocycles. The Bertz CT molecular complexity index is 595. The minimum absolute atomic E-state index is 0.0851. The highest BCUT2D eigenvalue weighted by atomic mass is 16.7. The van der Waals surface area contributed by atoms with E-state index in [0.717, 1.165) is 11.1 Å². The van der Waals surface area contributed by atoms with Crippen LogP contribution in [-0.2, 0) is 9.47 Å². The van der Waals surface area contributed by atoms with E-state index in [1.165, 1.54) is 6.07 Å². The molecule has 0 bridgehead atoms. The van der Waals surface area contributed by atoms with Crippen LogP contribution in [0.1, 0.15) is 22.4 Å². The van der Waals surface area contributed by atoms with E-state index in [4.69, 9.17) is 19.0 Å². The zero-order chi connectivity index (χ0) is 13.2. The third kappa shape index (κ3) is 2.25. The van der Waals surface area contributed by atoms with Gasteiger partial charge in [-0.1, -0.05) is 24.3 Å². The molecule has 0 unspecified atom stereocenters. The third-order valence-electron chi connectivity index (χ3n) is 2.92. The second kappa shape index (κ2) is 4.87. The van der Waals surface area contributed by atoms with Crippen molar-refractivity contribution in [1.29, 1.82) is 0 Å². The van der Waals surface area contributed by atoms with Crippen LogP contribution in [0.2, 0.25) is 0 Å². The second-order valence-corrected chi connectivity index (χ2v) is 4.13. The number of ether oxygens (including phenoxy) is 2. The lowest BCUT2D eigenvalue weighted by atomic mass is 10.1. The highest BCUT2D eigenvalue weighted by Crippen LogP contribution is 2.33. The molecule has 1 saturated heterocycles. The zero-order valence-electron chi connectivity index (χ0n) is 10.0. The van der Waals surface area contributed by atoms with Crippen LogP contribution in [0.5, 0.6) is 0 Å². The molecule has 0 spiro atoms. The Hall–Kier alpha value is -2.11. The van der Waals surface area contributed by atoms with Gasteiger partial charge in [0.05, 0.1) is 13.2 Å². The monoisotopic (exact) mass is 260 g/mol. The van der Waals surface area contributed by atoms with Crippen LogP contribution in [0.15, 0.2) is 40.8 Å². The van der Waals surface area contributed by atoms with Crippen molar-refractivity contribution in [2.45, 2.75) is 6.29 Å². The van der Waals surface area contributed by atoms with Crippen LogP contribution in [0, 0.1) is 0 Å². The van der Waals surface area contributed by atoms with E-state index in [2.05, 4.69) is 0 Å². The first-order chi connectivity index (χ1) is 9.25. The van der Waals surface area contributed by atoms with Crippen molar-refractivity contribution in [2.24, 2.45) is 0 Å². The van der Waals surface area contributed by atoms with Gasteiger partial charge in [0.2, 0.25) is 5.76 Å². The fourth-order valence-corrected chi connectivity index (χ4v) is 2.06. The third-order valence-corrected chi connectivity index (χ3v) is 2.92. The largest absolute Gasteiger partial charge is 0.475 e. The summed E-state index contributed by atoms with van der Waals surface area (Å²) >= 11 is 0. The van der Waals surface area contributed by atoms with Gasteiger partial charge in [-0.25, -0.2) is 4.79 Å².